The molecule has 2 rings (SSSR count). The molecule has 0 N–H and O–H groups in total. The average Bonchev–Trinajstić information content (AvgIpc) is 2.48. The lowest BCUT2D eigenvalue weighted by atomic mass is 10.3. The fourth-order valence-corrected chi connectivity index (χ4v) is 6.14. The summed E-state index contributed by atoms with van der Waals surface area (Å²) in [5, 5.41) is 0. The van der Waals surface area contributed by atoms with Crippen LogP contribution in [-0.4, -0.2) is 90.4 Å². The Kier molecular flexibility index (Phi) is 7.94. The van der Waals surface area contributed by atoms with Crippen molar-refractivity contribution in [2.75, 3.05) is 59.6 Å². The summed E-state index contributed by atoms with van der Waals surface area (Å²) in [6.45, 7) is 13.7. The summed E-state index contributed by atoms with van der Waals surface area (Å²) < 4.78 is 24.1. The topological polar surface area (TPSA) is 43.4 Å². The zero-order chi connectivity index (χ0) is 16.7. The normalized spacial score (nSPS) is 35.0. The summed E-state index contributed by atoms with van der Waals surface area (Å²) in [4.78, 5) is 4.92. The maximum Gasteiger partial charge on any atom is 0.501 e. The number of hydrogen-bond donors (Lipinski definition) is 0. The Morgan fingerprint density at radius 3 is 2.22 bits per heavy atom. The third kappa shape index (κ3) is 6.41. The van der Waals surface area contributed by atoms with Crippen LogP contribution in [0.25, 0.3) is 0 Å². The molecule has 0 bridgehead atoms. The van der Waals surface area contributed by atoms with Crippen LogP contribution in [0.1, 0.15) is 27.2 Å². The Bertz CT molecular complexity index is 328. The van der Waals surface area contributed by atoms with Gasteiger partial charge < -0.3 is 27.8 Å². The fraction of sp³-hybridized carbons (Fsp3) is 1.00. The first-order chi connectivity index (χ1) is 11.0. The molecule has 2 unspecified atom stereocenters. The predicted octanol–water partition coefficient (Wildman–Crippen LogP) is 1.44. The largest absolute Gasteiger partial charge is 0.501 e. The van der Waals surface area contributed by atoms with Crippen molar-refractivity contribution in [2.45, 2.75) is 45.4 Å². The lowest BCUT2D eigenvalue weighted by molar-refractivity contribution is -0.0717. The van der Waals surface area contributed by atoms with E-state index in [1.807, 2.05) is 20.8 Å². The molecule has 2 aliphatic heterocycles. The van der Waals surface area contributed by atoms with E-state index in [1.165, 1.54) is 0 Å². The number of rotatable bonds is 6. The van der Waals surface area contributed by atoms with Gasteiger partial charge in [0, 0.05) is 38.8 Å². The number of ether oxygens (including phenoxy) is 1. The predicted molar refractivity (Wildman–Crippen MR) is 92.7 cm³/mol. The van der Waals surface area contributed by atoms with Crippen molar-refractivity contribution >= 4 is 8.80 Å². The molecule has 0 radical (unpaired) electrons. The van der Waals surface area contributed by atoms with E-state index in [0.29, 0.717) is 19.8 Å². The molecule has 2 saturated heterocycles. The Hall–Kier alpha value is -0.0231. The molecule has 2 atom stereocenters. The standard InChI is InChI=1S/C16H34N2O4Si/c1-5-20-23(21-15(2)13-19-14-16(3)22-23)12-6-7-18-10-8-17(4)9-11-18/h15-16H,5-14H2,1-4H3. The molecule has 23 heavy (non-hydrogen) atoms. The van der Waals surface area contributed by atoms with Gasteiger partial charge in [0.15, 0.2) is 0 Å². The van der Waals surface area contributed by atoms with E-state index in [4.69, 9.17) is 18.0 Å². The molecule has 0 aromatic rings. The first kappa shape index (κ1) is 19.3. The Morgan fingerprint density at radius 2 is 1.65 bits per heavy atom. The van der Waals surface area contributed by atoms with Crippen molar-refractivity contribution < 1.29 is 18.0 Å². The maximum atomic E-state index is 6.24. The summed E-state index contributed by atoms with van der Waals surface area (Å²) in [5.41, 5.74) is 0. The summed E-state index contributed by atoms with van der Waals surface area (Å²) in [5.74, 6) is 0. The summed E-state index contributed by atoms with van der Waals surface area (Å²) in [7, 11) is -0.417. The highest BCUT2D eigenvalue weighted by Gasteiger charge is 2.44. The van der Waals surface area contributed by atoms with E-state index in [1.54, 1.807) is 0 Å². The minimum Gasteiger partial charge on any atom is -0.376 e. The van der Waals surface area contributed by atoms with Crippen LogP contribution in [0.15, 0.2) is 0 Å². The van der Waals surface area contributed by atoms with Gasteiger partial charge >= 0.3 is 8.80 Å². The summed E-state index contributed by atoms with van der Waals surface area (Å²) >= 11 is 0. The van der Waals surface area contributed by atoms with E-state index >= 15 is 0 Å². The second-order valence-electron chi connectivity index (χ2n) is 6.76. The Morgan fingerprint density at radius 1 is 1.04 bits per heavy atom. The molecule has 0 aromatic carbocycles. The molecule has 0 aromatic heterocycles. The van der Waals surface area contributed by atoms with Crippen LogP contribution in [-0.2, 0) is 18.0 Å². The second-order valence-corrected chi connectivity index (χ2v) is 9.38. The van der Waals surface area contributed by atoms with Gasteiger partial charge in [-0.3, -0.25) is 0 Å². The van der Waals surface area contributed by atoms with E-state index in [0.717, 1.165) is 45.2 Å². The van der Waals surface area contributed by atoms with E-state index in [-0.39, 0.29) is 12.2 Å². The zero-order valence-corrected chi connectivity index (χ0v) is 16.3. The zero-order valence-electron chi connectivity index (χ0n) is 15.3. The maximum absolute atomic E-state index is 6.24. The molecule has 0 amide bonds. The first-order valence-electron chi connectivity index (χ1n) is 9.01. The van der Waals surface area contributed by atoms with E-state index < -0.39 is 8.80 Å². The molecule has 0 spiro atoms. The van der Waals surface area contributed by atoms with Gasteiger partial charge in [-0.25, -0.2) is 0 Å². The Balaban J connectivity index is 1.87. The monoisotopic (exact) mass is 346 g/mol. The van der Waals surface area contributed by atoms with Crippen molar-refractivity contribution in [3.05, 3.63) is 0 Å². The van der Waals surface area contributed by atoms with Crippen LogP contribution in [0.3, 0.4) is 0 Å². The molecule has 7 heteroatoms. The van der Waals surface area contributed by atoms with Crippen LogP contribution in [0.4, 0.5) is 0 Å². The van der Waals surface area contributed by atoms with Crippen LogP contribution >= 0.6 is 0 Å². The number of likely N-dealkylation sites (N-methyl/N-ethyl adjacent to an activating group) is 1. The minimum atomic E-state index is -2.61. The molecule has 2 aliphatic rings. The molecule has 6 nitrogen and oxygen atoms in total. The van der Waals surface area contributed by atoms with Gasteiger partial charge in [0.25, 0.3) is 0 Å². The lowest BCUT2D eigenvalue weighted by Gasteiger charge is -2.37. The fourth-order valence-electron chi connectivity index (χ4n) is 3.18. The molecule has 2 heterocycles. The first-order valence-corrected chi connectivity index (χ1v) is 10.9. The minimum absolute atomic E-state index is 0.0318. The summed E-state index contributed by atoms with van der Waals surface area (Å²) in [6, 6.07) is 0.891. The third-order valence-electron chi connectivity index (χ3n) is 4.38. The molecule has 0 aliphatic carbocycles. The highest BCUT2D eigenvalue weighted by Crippen LogP contribution is 2.24. The molecule has 2 fully saturated rings. The van der Waals surface area contributed by atoms with Crippen molar-refractivity contribution in [3.63, 3.8) is 0 Å². The SMILES string of the molecule is CCO[Si]1(CCCN2CCN(C)CC2)OC(C)COCC(C)O1. The number of nitrogens with zero attached hydrogens (tertiary/aromatic N) is 2. The van der Waals surface area contributed by atoms with Crippen LogP contribution in [0, 0.1) is 0 Å². The molecule has 0 saturated carbocycles. The number of piperazine rings is 1. The summed E-state index contributed by atoms with van der Waals surface area (Å²) in [6.07, 6.45) is 1.13. The second kappa shape index (κ2) is 9.46. The Labute approximate surface area is 142 Å². The van der Waals surface area contributed by atoms with E-state index in [2.05, 4.69) is 16.8 Å². The molecular formula is C16H34N2O4Si. The van der Waals surface area contributed by atoms with Gasteiger partial charge in [-0.05, 0) is 40.8 Å². The molecule has 136 valence electrons. The van der Waals surface area contributed by atoms with Gasteiger partial charge in [0.1, 0.15) is 0 Å². The smallest absolute Gasteiger partial charge is 0.376 e. The average molecular weight is 347 g/mol. The highest BCUT2D eigenvalue weighted by atomic mass is 28.4. The van der Waals surface area contributed by atoms with Gasteiger partial charge in [-0.1, -0.05) is 0 Å². The van der Waals surface area contributed by atoms with Crippen molar-refractivity contribution in [2.24, 2.45) is 0 Å². The lowest BCUT2D eigenvalue weighted by Crippen LogP contribution is -2.53. The van der Waals surface area contributed by atoms with Gasteiger partial charge in [-0.2, -0.15) is 0 Å². The van der Waals surface area contributed by atoms with Crippen molar-refractivity contribution in [1.82, 2.24) is 9.80 Å². The van der Waals surface area contributed by atoms with Gasteiger partial charge in [0.05, 0.1) is 25.4 Å². The van der Waals surface area contributed by atoms with Crippen LogP contribution in [0.5, 0.6) is 0 Å². The van der Waals surface area contributed by atoms with E-state index in [9.17, 15) is 0 Å². The van der Waals surface area contributed by atoms with Crippen molar-refractivity contribution in [1.29, 1.82) is 0 Å². The highest BCUT2D eigenvalue weighted by molar-refractivity contribution is 6.60. The molecular weight excluding hydrogens is 312 g/mol. The third-order valence-corrected chi connectivity index (χ3v) is 7.60. The van der Waals surface area contributed by atoms with Crippen LogP contribution < -0.4 is 0 Å². The van der Waals surface area contributed by atoms with Gasteiger partial charge in [-0.15, -0.1) is 0 Å². The van der Waals surface area contributed by atoms with Gasteiger partial charge in [0.2, 0.25) is 0 Å². The van der Waals surface area contributed by atoms with Crippen molar-refractivity contribution in [3.8, 4) is 0 Å². The van der Waals surface area contributed by atoms with Crippen LogP contribution in [0.2, 0.25) is 6.04 Å². The quantitative estimate of drug-likeness (QED) is 0.678. The number of hydrogen-bond acceptors (Lipinski definition) is 6.